The molecule has 1 aliphatic heterocycles. The number of likely N-dealkylation sites (N-methyl/N-ethyl adjacent to an activating group) is 1. The van der Waals surface area contributed by atoms with E-state index < -0.39 is 0 Å². The lowest BCUT2D eigenvalue weighted by molar-refractivity contribution is -0.137. The lowest BCUT2D eigenvalue weighted by atomic mass is 9.93. The normalized spacial score (nSPS) is 22.2. The molecule has 2 aromatic rings. The minimum absolute atomic E-state index is 0.00973. The van der Waals surface area contributed by atoms with Crippen LogP contribution in [0, 0.1) is 0 Å². The molecular formula is C19H22N2O2S. The third-order valence-corrected chi connectivity index (χ3v) is 5.66. The Kier molecular flexibility index (Phi) is 5.00. The van der Waals surface area contributed by atoms with Crippen molar-refractivity contribution in [1.82, 2.24) is 10.2 Å². The molecule has 3 unspecified atom stereocenters. The molecule has 0 radical (unpaired) electrons. The summed E-state index contributed by atoms with van der Waals surface area (Å²) in [4.78, 5) is 27.7. The van der Waals surface area contributed by atoms with Gasteiger partial charge in [-0.05, 0) is 30.4 Å². The Balaban J connectivity index is 1.77. The Morgan fingerprint density at radius 2 is 2.00 bits per heavy atom. The zero-order chi connectivity index (χ0) is 17.1. The fraction of sp³-hybridized carbons (Fsp3) is 0.368. The molecule has 1 aromatic heterocycles. The Morgan fingerprint density at radius 1 is 1.25 bits per heavy atom. The second-order valence-electron chi connectivity index (χ2n) is 6.25. The van der Waals surface area contributed by atoms with Gasteiger partial charge in [-0.1, -0.05) is 36.4 Å². The van der Waals surface area contributed by atoms with E-state index in [1.807, 2.05) is 61.8 Å². The van der Waals surface area contributed by atoms with Gasteiger partial charge in [-0.3, -0.25) is 9.59 Å². The molecule has 1 aliphatic rings. The van der Waals surface area contributed by atoms with Crippen LogP contribution in [-0.4, -0.2) is 29.8 Å². The van der Waals surface area contributed by atoms with Gasteiger partial charge in [0.2, 0.25) is 11.8 Å². The van der Waals surface area contributed by atoms with Gasteiger partial charge in [-0.25, -0.2) is 0 Å². The molecule has 126 valence electrons. The number of carbonyl (C=O) groups is 2. The number of thiophene rings is 1. The quantitative estimate of drug-likeness (QED) is 0.926. The molecule has 0 spiro atoms. The number of likely N-dealkylation sites (tertiary alicyclic amines) is 1. The molecule has 24 heavy (non-hydrogen) atoms. The van der Waals surface area contributed by atoms with Gasteiger partial charge >= 0.3 is 0 Å². The molecule has 0 saturated carbocycles. The molecule has 0 aliphatic carbocycles. The summed E-state index contributed by atoms with van der Waals surface area (Å²) in [7, 11) is 1.83. The maximum absolute atomic E-state index is 12.7. The number of hydrogen-bond donors (Lipinski definition) is 1. The molecule has 2 heterocycles. The summed E-state index contributed by atoms with van der Waals surface area (Å²) in [6, 6.07) is 13.7. The minimum atomic E-state index is -0.210. The Labute approximate surface area is 146 Å². The van der Waals surface area contributed by atoms with E-state index in [9.17, 15) is 9.59 Å². The zero-order valence-corrected chi connectivity index (χ0v) is 14.8. The van der Waals surface area contributed by atoms with Crippen LogP contribution in [0.3, 0.4) is 0 Å². The maximum atomic E-state index is 12.7. The summed E-state index contributed by atoms with van der Waals surface area (Å²) in [5.41, 5.74) is 1.00. The standard InChI is InChI=1S/C19H22N2O2S/c1-13(14-7-4-3-5-8-14)19(23)20-15-10-11-17(22)21(2)18(15)16-9-6-12-24-16/h3-9,12-13,15,18H,10-11H2,1-2H3,(H,20,23). The van der Waals surface area contributed by atoms with E-state index in [0.29, 0.717) is 12.8 Å². The molecule has 1 aromatic carbocycles. The lowest BCUT2D eigenvalue weighted by Crippen LogP contribution is -2.51. The zero-order valence-electron chi connectivity index (χ0n) is 13.9. The predicted octanol–water partition coefficient (Wildman–Crippen LogP) is 3.33. The fourth-order valence-electron chi connectivity index (χ4n) is 3.24. The van der Waals surface area contributed by atoms with Crippen molar-refractivity contribution in [2.24, 2.45) is 0 Å². The first kappa shape index (κ1) is 16.7. The molecule has 0 bridgehead atoms. The number of benzene rings is 1. The summed E-state index contributed by atoms with van der Waals surface area (Å²) in [5.74, 6) is -0.0661. The molecule has 5 heteroatoms. The topological polar surface area (TPSA) is 49.4 Å². The maximum Gasteiger partial charge on any atom is 0.227 e. The van der Waals surface area contributed by atoms with Crippen molar-refractivity contribution < 1.29 is 9.59 Å². The van der Waals surface area contributed by atoms with E-state index in [0.717, 1.165) is 10.4 Å². The van der Waals surface area contributed by atoms with Crippen LogP contribution in [0.4, 0.5) is 0 Å². The Bertz CT molecular complexity index is 699. The first-order valence-corrected chi connectivity index (χ1v) is 9.10. The van der Waals surface area contributed by atoms with Crippen molar-refractivity contribution in [3.8, 4) is 0 Å². The van der Waals surface area contributed by atoms with E-state index in [2.05, 4.69) is 5.32 Å². The van der Waals surface area contributed by atoms with Gasteiger partial charge in [0, 0.05) is 18.3 Å². The fourth-order valence-corrected chi connectivity index (χ4v) is 4.17. The lowest BCUT2D eigenvalue weighted by Gasteiger charge is -2.39. The predicted molar refractivity (Wildman–Crippen MR) is 95.9 cm³/mol. The number of piperidine rings is 1. The summed E-state index contributed by atoms with van der Waals surface area (Å²) >= 11 is 1.63. The van der Waals surface area contributed by atoms with Gasteiger partial charge in [0.15, 0.2) is 0 Å². The number of nitrogens with zero attached hydrogens (tertiary/aromatic N) is 1. The summed E-state index contributed by atoms with van der Waals surface area (Å²) < 4.78 is 0. The van der Waals surface area contributed by atoms with Gasteiger partial charge in [0.25, 0.3) is 0 Å². The van der Waals surface area contributed by atoms with E-state index in [4.69, 9.17) is 0 Å². The van der Waals surface area contributed by atoms with Crippen LogP contribution >= 0.6 is 11.3 Å². The third kappa shape index (κ3) is 3.36. The van der Waals surface area contributed by atoms with Gasteiger partial charge in [-0.15, -0.1) is 11.3 Å². The van der Waals surface area contributed by atoms with Crippen LogP contribution in [0.15, 0.2) is 47.8 Å². The van der Waals surface area contributed by atoms with Gasteiger partial charge in [-0.2, -0.15) is 0 Å². The smallest absolute Gasteiger partial charge is 0.227 e. The molecule has 3 rings (SSSR count). The first-order valence-electron chi connectivity index (χ1n) is 8.22. The molecular weight excluding hydrogens is 320 g/mol. The Morgan fingerprint density at radius 3 is 2.67 bits per heavy atom. The molecule has 2 amide bonds. The minimum Gasteiger partial charge on any atom is -0.350 e. The second-order valence-corrected chi connectivity index (χ2v) is 7.23. The van der Waals surface area contributed by atoms with Crippen molar-refractivity contribution in [1.29, 1.82) is 0 Å². The number of carbonyl (C=O) groups excluding carboxylic acids is 2. The summed E-state index contributed by atoms with van der Waals surface area (Å²) in [6.45, 7) is 1.92. The number of amides is 2. The monoisotopic (exact) mass is 342 g/mol. The van der Waals surface area contributed by atoms with Crippen LogP contribution in [0.5, 0.6) is 0 Å². The van der Waals surface area contributed by atoms with E-state index in [1.54, 1.807) is 16.2 Å². The van der Waals surface area contributed by atoms with Crippen LogP contribution in [0.2, 0.25) is 0 Å². The molecule has 1 N–H and O–H groups in total. The third-order valence-electron chi connectivity index (χ3n) is 4.72. The highest BCUT2D eigenvalue weighted by molar-refractivity contribution is 7.10. The SMILES string of the molecule is CC(C(=O)NC1CCC(=O)N(C)C1c1cccs1)c1ccccc1. The van der Waals surface area contributed by atoms with Gasteiger partial charge < -0.3 is 10.2 Å². The second kappa shape index (κ2) is 7.18. The highest BCUT2D eigenvalue weighted by Gasteiger charge is 2.36. The van der Waals surface area contributed by atoms with Crippen LogP contribution in [0.1, 0.15) is 42.2 Å². The van der Waals surface area contributed by atoms with Gasteiger partial charge in [0.1, 0.15) is 0 Å². The van der Waals surface area contributed by atoms with Crippen LogP contribution in [0.25, 0.3) is 0 Å². The summed E-state index contributed by atoms with van der Waals surface area (Å²) in [5, 5.41) is 5.19. The Hall–Kier alpha value is -2.14. The average Bonchev–Trinajstić information content (AvgIpc) is 3.12. The van der Waals surface area contributed by atoms with Crippen LogP contribution in [-0.2, 0) is 9.59 Å². The number of rotatable bonds is 4. The van der Waals surface area contributed by atoms with Gasteiger partial charge in [0.05, 0.1) is 18.0 Å². The van der Waals surface area contributed by atoms with Crippen LogP contribution < -0.4 is 5.32 Å². The average molecular weight is 342 g/mol. The highest BCUT2D eigenvalue weighted by atomic mass is 32.1. The molecule has 4 nitrogen and oxygen atoms in total. The largest absolute Gasteiger partial charge is 0.350 e. The van der Waals surface area contributed by atoms with Crippen molar-refractivity contribution in [2.75, 3.05) is 7.05 Å². The van der Waals surface area contributed by atoms with E-state index >= 15 is 0 Å². The molecule has 3 atom stereocenters. The van der Waals surface area contributed by atoms with Crippen molar-refractivity contribution in [2.45, 2.75) is 37.8 Å². The molecule has 1 fully saturated rings. The van der Waals surface area contributed by atoms with Crippen molar-refractivity contribution in [3.63, 3.8) is 0 Å². The van der Waals surface area contributed by atoms with Crippen molar-refractivity contribution in [3.05, 3.63) is 58.3 Å². The number of nitrogens with one attached hydrogen (secondary N) is 1. The van der Waals surface area contributed by atoms with E-state index in [1.165, 1.54) is 0 Å². The summed E-state index contributed by atoms with van der Waals surface area (Å²) in [6.07, 6.45) is 1.15. The molecule has 1 saturated heterocycles. The first-order chi connectivity index (χ1) is 11.6. The number of hydrogen-bond acceptors (Lipinski definition) is 3. The van der Waals surface area contributed by atoms with E-state index in [-0.39, 0.29) is 29.8 Å². The van der Waals surface area contributed by atoms with Crippen molar-refractivity contribution >= 4 is 23.2 Å². The highest BCUT2D eigenvalue weighted by Crippen LogP contribution is 2.33.